The molecule has 0 aromatic carbocycles. The van der Waals surface area contributed by atoms with Crippen LogP contribution in [0.1, 0.15) is 58.8 Å². The van der Waals surface area contributed by atoms with Gasteiger partial charge in [-0.2, -0.15) is 0 Å². The van der Waals surface area contributed by atoms with E-state index in [4.69, 9.17) is 10.5 Å². The van der Waals surface area contributed by atoms with Crippen molar-refractivity contribution < 1.29 is 9.53 Å². The van der Waals surface area contributed by atoms with Gasteiger partial charge in [-0.3, -0.25) is 4.79 Å². The Morgan fingerprint density at radius 1 is 1.30 bits per heavy atom. The van der Waals surface area contributed by atoms with Crippen LogP contribution >= 0.6 is 0 Å². The number of carbonyl (C=O) groups is 1. The van der Waals surface area contributed by atoms with Crippen LogP contribution in [0.25, 0.3) is 0 Å². The van der Waals surface area contributed by atoms with Crippen molar-refractivity contribution in [2.75, 3.05) is 19.8 Å². The summed E-state index contributed by atoms with van der Waals surface area (Å²) in [6.45, 7) is 6.54. The van der Waals surface area contributed by atoms with Gasteiger partial charge in [0.05, 0.1) is 0 Å². The fraction of sp³-hybridized carbons (Fsp3) is 0.938. The van der Waals surface area contributed by atoms with Crippen molar-refractivity contribution in [3.63, 3.8) is 0 Å². The number of amides is 1. The summed E-state index contributed by atoms with van der Waals surface area (Å²) in [5.41, 5.74) is 5.89. The lowest BCUT2D eigenvalue weighted by atomic mass is 9.84. The number of ether oxygens (including phenoxy) is 1. The lowest BCUT2D eigenvalue weighted by Crippen LogP contribution is -2.28. The van der Waals surface area contributed by atoms with Crippen molar-refractivity contribution in [1.82, 2.24) is 5.32 Å². The molecule has 1 aliphatic carbocycles. The highest BCUT2D eigenvalue weighted by Gasteiger charge is 2.18. The van der Waals surface area contributed by atoms with Gasteiger partial charge in [0.25, 0.3) is 0 Å². The zero-order valence-corrected chi connectivity index (χ0v) is 13.2. The van der Waals surface area contributed by atoms with Gasteiger partial charge in [-0.25, -0.2) is 0 Å². The average Bonchev–Trinajstić information content (AvgIpc) is 2.41. The standard InChI is InChI=1S/C16H32N2O2/c1-13(2)12-20-11-3-10-18-16(19)9-6-14-4-7-15(17)8-5-14/h13-15H,3-12,17H2,1-2H3,(H,18,19). The summed E-state index contributed by atoms with van der Waals surface area (Å²) < 4.78 is 5.48. The molecule has 0 aromatic heterocycles. The molecule has 0 aromatic rings. The molecule has 1 rings (SSSR count). The minimum atomic E-state index is 0.184. The Morgan fingerprint density at radius 2 is 2.00 bits per heavy atom. The second-order valence-corrected chi connectivity index (χ2v) is 6.49. The van der Waals surface area contributed by atoms with E-state index in [-0.39, 0.29) is 5.91 Å². The molecule has 3 N–H and O–H groups in total. The van der Waals surface area contributed by atoms with E-state index < -0.39 is 0 Å². The predicted octanol–water partition coefficient (Wildman–Crippen LogP) is 2.46. The number of nitrogens with two attached hydrogens (primary N) is 1. The fourth-order valence-corrected chi connectivity index (χ4v) is 2.62. The van der Waals surface area contributed by atoms with Crippen LogP contribution in [0.4, 0.5) is 0 Å². The van der Waals surface area contributed by atoms with Gasteiger partial charge in [-0.1, -0.05) is 13.8 Å². The monoisotopic (exact) mass is 284 g/mol. The normalized spacial score (nSPS) is 23.0. The molecule has 0 spiro atoms. The van der Waals surface area contributed by atoms with E-state index in [0.717, 1.165) is 45.4 Å². The van der Waals surface area contributed by atoms with Gasteiger partial charge in [0.1, 0.15) is 0 Å². The first-order chi connectivity index (χ1) is 9.58. The summed E-state index contributed by atoms with van der Waals surface area (Å²) in [7, 11) is 0. The zero-order valence-electron chi connectivity index (χ0n) is 13.2. The van der Waals surface area contributed by atoms with Crippen molar-refractivity contribution in [2.45, 2.75) is 64.8 Å². The minimum absolute atomic E-state index is 0.184. The van der Waals surface area contributed by atoms with Crippen molar-refractivity contribution in [3.05, 3.63) is 0 Å². The maximum absolute atomic E-state index is 11.7. The Kier molecular flexibility index (Phi) is 8.86. The van der Waals surface area contributed by atoms with E-state index in [0.29, 0.717) is 24.3 Å². The second kappa shape index (κ2) is 10.2. The lowest BCUT2D eigenvalue weighted by molar-refractivity contribution is -0.121. The third-order valence-electron chi connectivity index (χ3n) is 3.91. The molecule has 118 valence electrons. The van der Waals surface area contributed by atoms with Crippen LogP contribution in [0.2, 0.25) is 0 Å². The van der Waals surface area contributed by atoms with E-state index in [1.807, 2.05) is 0 Å². The number of carbonyl (C=O) groups excluding carboxylic acids is 1. The molecule has 0 saturated heterocycles. The van der Waals surface area contributed by atoms with Gasteiger partial charge in [0.2, 0.25) is 5.91 Å². The highest BCUT2D eigenvalue weighted by molar-refractivity contribution is 5.75. The van der Waals surface area contributed by atoms with Crippen LogP contribution in [-0.4, -0.2) is 31.7 Å². The van der Waals surface area contributed by atoms with Crippen LogP contribution < -0.4 is 11.1 Å². The quantitative estimate of drug-likeness (QED) is 0.639. The first-order valence-corrected chi connectivity index (χ1v) is 8.18. The number of nitrogens with one attached hydrogen (secondary N) is 1. The van der Waals surface area contributed by atoms with Gasteiger partial charge in [0.15, 0.2) is 0 Å². The van der Waals surface area contributed by atoms with E-state index in [9.17, 15) is 4.79 Å². The van der Waals surface area contributed by atoms with Gasteiger partial charge in [-0.15, -0.1) is 0 Å². The van der Waals surface area contributed by atoms with Crippen molar-refractivity contribution in [2.24, 2.45) is 17.6 Å². The molecule has 0 bridgehead atoms. The highest BCUT2D eigenvalue weighted by Crippen LogP contribution is 2.26. The van der Waals surface area contributed by atoms with Crippen molar-refractivity contribution in [1.29, 1.82) is 0 Å². The molecule has 0 aliphatic heterocycles. The van der Waals surface area contributed by atoms with Crippen molar-refractivity contribution in [3.8, 4) is 0 Å². The summed E-state index contributed by atoms with van der Waals surface area (Å²) in [4.78, 5) is 11.7. The molecule has 1 amide bonds. The Balaban J connectivity index is 1.92. The van der Waals surface area contributed by atoms with Crippen LogP contribution in [-0.2, 0) is 9.53 Å². The Hall–Kier alpha value is -0.610. The largest absolute Gasteiger partial charge is 0.381 e. The van der Waals surface area contributed by atoms with E-state index >= 15 is 0 Å². The van der Waals surface area contributed by atoms with Crippen molar-refractivity contribution >= 4 is 5.91 Å². The summed E-state index contributed by atoms with van der Waals surface area (Å²) in [5, 5.41) is 2.98. The molecule has 0 heterocycles. The lowest BCUT2D eigenvalue weighted by Gasteiger charge is -2.25. The molecular weight excluding hydrogens is 252 g/mol. The van der Waals surface area contributed by atoms with Crippen LogP contribution in [0.3, 0.4) is 0 Å². The molecule has 1 aliphatic rings. The molecule has 4 heteroatoms. The molecule has 4 nitrogen and oxygen atoms in total. The first kappa shape index (κ1) is 17.4. The van der Waals surface area contributed by atoms with Gasteiger partial charge in [0, 0.05) is 32.2 Å². The molecule has 1 fully saturated rings. The fourth-order valence-electron chi connectivity index (χ4n) is 2.62. The molecule has 0 radical (unpaired) electrons. The summed E-state index contributed by atoms with van der Waals surface area (Å²) in [6.07, 6.45) is 7.21. The second-order valence-electron chi connectivity index (χ2n) is 6.49. The SMILES string of the molecule is CC(C)COCCCNC(=O)CCC1CCC(N)CC1. The van der Waals surface area contributed by atoms with Crippen LogP contribution in [0, 0.1) is 11.8 Å². The Labute approximate surface area is 123 Å². The Morgan fingerprint density at radius 3 is 2.65 bits per heavy atom. The first-order valence-electron chi connectivity index (χ1n) is 8.18. The zero-order chi connectivity index (χ0) is 14.8. The average molecular weight is 284 g/mol. The molecule has 0 unspecified atom stereocenters. The third kappa shape index (κ3) is 8.54. The number of hydrogen-bond donors (Lipinski definition) is 2. The van der Waals surface area contributed by atoms with Gasteiger partial charge >= 0.3 is 0 Å². The topological polar surface area (TPSA) is 64.3 Å². The Bertz CT molecular complexity index is 261. The van der Waals surface area contributed by atoms with Crippen LogP contribution in [0.5, 0.6) is 0 Å². The van der Waals surface area contributed by atoms with E-state index in [1.165, 1.54) is 12.8 Å². The smallest absolute Gasteiger partial charge is 0.220 e. The molecule has 20 heavy (non-hydrogen) atoms. The van der Waals surface area contributed by atoms with Crippen LogP contribution in [0.15, 0.2) is 0 Å². The molecule has 0 atom stereocenters. The maximum Gasteiger partial charge on any atom is 0.220 e. The number of hydrogen-bond acceptors (Lipinski definition) is 3. The maximum atomic E-state index is 11.7. The number of rotatable bonds is 9. The summed E-state index contributed by atoms with van der Waals surface area (Å²) in [6, 6.07) is 0.394. The van der Waals surface area contributed by atoms with E-state index in [1.54, 1.807) is 0 Å². The molecular formula is C16H32N2O2. The minimum Gasteiger partial charge on any atom is -0.381 e. The van der Waals surface area contributed by atoms with E-state index in [2.05, 4.69) is 19.2 Å². The third-order valence-corrected chi connectivity index (χ3v) is 3.91. The highest BCUT2D eigenvalue weighted by atomic mass is 16.5. The summed E-state index contributed by atoms with van der Waals surface area (Å²) in [5.74, 6) is 1.46. The van der Waals surface area contributed by atoms with Gasteiger partial charge < -0.3 is 15.8 Å². The summed E-state index contributed by atoms with van der Waals surface area (Å²) >= 11 is 0. The predicted molar refractivity (Wildman–Crippen MR) is 82.5 cm³/mol. The molecule has 1 saturated carbocycles. The van der Waals surface area contributed by atoms with Gasteiger partial charge in [-0.05, 0) is 50.4 Å².